The lowest BCUT2D eigenvalue weighted by Gasteiger charge is -2.35. The Morgan fingerprint density at radius 1 is 1.13 bits per heavy atom. The van der Waals surface area contributed by atoms with Crippen molar-refractivity contribution in [2.24, 2.45) is 0 Å². The molecular weight excluding hydrogens is 384 g/mol. The minimum absolute atomic E-state index is 0.0429. The molecule has 8 heteroatoms. The third-order valence-electron chi connectivity index (χ3n) is 5.20. The van der Waals surface area contributed by atoms with E-state index in [1.54, 1.807) is 31.0 Å². The lowest BCUT2D eigenvalue weighted by Crippen LogP contribution is -2.48. The quantitative estimate of drug-likeness (QED) is 0.789. The van der Waals surface area contributed by atoms with Crippen LogP contribution in [-0.2, 0) is 11.3 Å². The van der Waals surface area contributed by atoms with Gasteiger partial charge in [0.2, 0.25) is 5.91 Å². The molecule has 0 radical (unpaired) electrons. The number of hydrogen-bond acceptors (Lipinski definition) is 5. The van der Waals surface area contributed by atoms with Crippen LogP contribution in [0.2, 0.25) is 0 Å². The Bertz CT molecular complexity index is 910. The molecule has 0 spiro atoms. The number of urea groups is 1. The molecule has 30 heavy (non-hydrogen) atoms. The molecule has 0 aliphatic carbocycles. The molecule has 160 valence electrons. The average molecular weight is 412 g/mol. The Kier molecular flexibility index (Phi) is 6.66. The number of anilines is 2. The van der Waals surface area contributed by atoms with Gasteiger partial charge in [-0.2, -0.15) is 0 Å². The van der Waals surface area contributed by atoms with Crippen LogP contribution in [-0.4, -0.2) is 67.2 Å². The van der Waals surface area contributed by atoms with Gasteiger partial charge >= 0.3 is 6.03 Å². The van der Waals surface area contributed by atoms with Gasteiger partial charge < -0.3 is 29.9 Å². The lowest BCUT2D eigenvalue weighted by molar-refractivity contribution is -0.129. The van der Waals surface area contributed by atoms with Gasteiger partial charge in [-0.25, -0.2) is 4.79 Å². The number of carbonyl (C=O) groups excluding carboxylic acids is 2. The second kappa shape index (κ2) is 9.39. The van der Waals surface area contributed by atoms with Crippen molar-refractivity contribution in [2.45, 2.75) is 13.5 Å². The maximum Gasteiger partial charge on any atom is 0.321 e. The Morgan fingerprint density at radius 3 is 2.50 bits per heavy atom. The minimum atomic E-state index is -0.246. The summed E-state index contributed by atoms with van der Waals surface area (Å²) in [6, 6.07) is 12.5. The smallest absolute Gasteiger partial charge is 0.321 e. The molecule has 1 aliphatic rings. The zero-order chi connectivity index (χ0) is 21.7. The van der Waals surface area contributed by atoms with E-state index in [9.17, 15) is 14.7 Å². The fourth-order valence-corrected chi connectivity index (χ4v) is 3.46. The van der Waals surface area contributed by atoms with Crippen molar-refractivity contribution >= 4 is 23.3 Å². The zero-order valence-corrected chi connectivity index (χ0v) is 17.6. The van der Waals surface area contributed by atoms with Crippen LogP contribution in [0.3, 0.4) is 0 Å². The molecule has 2 N–H and O–H groups in total. The Morgan fingerprint density at radius 2 is 1.87 bits per heavy atom. The highest BCUT2D eigenvalue weighted by Crippen LogP contribution is 2.27. The number of phenolic OH excluding ortho intramolecular Hbond substituents is 1. The van der Waals surface area contributed by atoms with Crippen LogP contribution in [0.5, 0.6) is 11.5 Å². The lowest BCUT2D eigenvalue weighted by atomic mass is 10.2. The van der Waals surface area contributed by atoms with Crippen LogP contribution in [0, 0.1) is 0 Å². The van der Waals surface area contributed by atoms with Crippen molar-refractivity contribution in [3.63, 3.8) is 0 Å². The predicted molar refractivity (Wildman–Crippen MR) is 116 cm³/mol. The summed E-state index contributed by atoms with van der Waals surface area (Å²) in [7, 11) is 3.19. The van der Waals surface area contributed by atoms with Crippen molar-refractivity contribution in [1.82, 2.24) is 9.80 Å². The second-order valence-corrected chi connectivity index (χ2v) is 7.34. The normalized spacial score (nSPS) is 13.7. The van der Waals surface area contributed by atoms with E-state index < -0.39 is 0 Å². The minimum Gasteiger partial charge on any atom is -0.504 e. The van der Waals surface area contributed by atoms with Gasteiger partial charge in [-0.3, -0.25) is 4.79 Å². The third kappa shape index (κ3) is 5.14. The van der Waals surface area contributed by atoms with E-state index in [0.717, 1.165) is 24.3 Å². The highest BCUT2D eigenvalue weighted by Gasteiger charge is 2.19. The molecule has 0 unspecified atom stereocenters. The van der Waals surface area contributed by atoms with Crippen LogP contribution in [0.4, 0.5) is 16.2 Å². The number of nitrogens with one attached hydrogen (secondary N) is 1. The number of nitrogens with zero attached hydrogens (tertiary/aromatic N) is 3. The first kappa shape index (κ1) is 21.3. The van der Waals surface area contributed by atoms with Crippen molar-refractivity contribution in [1.29, 1.82) is 0 Å². The van der Waals surface area contributed by atoms with E-state index in [1.165, 1.54) is 7.11 Å². The monoisotopic (exact) mass is 412 g/mol. The molecule has 2 aromatic carbocycles. The van der Waals surface area contributed by atoms with E-state index in [4.69, 9.17) is 4.74 Å². The Labute approximate surface area is 176 Å². The summed E-state index contributed by atoms with van der Waals surface area (Å²) < 4.78 is 5.04. The van der Waals surface area contributed by atoms with Crippen LogP contribution in [0.25, 0.3) is 0 Å². The Hall–Kier alpha value is -3.42. The molecule has 0 saturated carbocycles. The number of piperazine rings is 1. The average Bonchev–Trinajstić information content (AvgIpc) is 2.74. The second-order valence-electron chi connectivity index (χ2n) is 7.34. The summed E-state index contributed by atoms with van der Waals surface area (Å²) in [5.41, 5.74) is 2.51. The van der Waals surface area contributed by atoms with E-state index >= 15 is 0 Å². The van der Waals surface area contributed by atoms with Gasteiger partial charge in [0.25, 0.3) is 0 Å². The number of phenols is 1. The maximum atomic E-state index is 12.6. The largest absolute Gasteiger partial charge is 0.504 e. The van der Waals surface area contributed by atoms with E-state index in [0.29, 0.717) is 31.1 Å². The third-order valence-corrected chi connectivity index (χ3v) is 5.20. The number of aromatic hydroxyl groups is 1. The Balaban J connectivity index is 1.59. The van der Waals surface area contributed by atoms with Crippen LogP contribution < -0.4 is 15.0 Å². The molecule has 0 aromatic heterocycles. The number of hydrogen-bond donors (Lipinski definition) is 2. The van der Waals surface area contributed by atoms with Gasteiger partial charge in [0.05, 0.1) is 7.11 Å². The molecule has 1 aliphatic heterocycles. The number of methoxy groups -OCH3 is 1. The van der Waals surface area contributed by atoms with Gasteiger partial charge in [-0.15, -0.1) is 0 Å². The number of amides is 3. The SMILES string of the molecule is COc1ccc(CN(C)C(=O)Nc2cccc(N3CCN(C(C)=O)CC3)c2)cc1O. The molecule has 2 aromatic rings. The standard InChI is InChI=1S/C22H28N4O4/c1-16(27)25-9-11-26(12-10-25)19-6-4-5-18(14-19)23-22(29)24(2)15-17-7-8-21(30-3)20(28)13-17/h4-8,13-14,28H,9-12,15H2,1-3H3,(H,23,29). The van der Waals surface area contributed by atoms with Gasteiger partial charge in [0, 0.05) is 58.1 Å². The van der Waals surface area contributed by atoms with Crippen molar-refractivity contribution in [3.8, 4) is 11.5 Å². The first-order valence-corrected chi connectivity index (χ1v) is 9.86. The first-order chi connectivity index (χ1) is 14.4. The van der Waals surface area contributed by atoms with Crippen LogP contribution >= 0.6 is 0 Å². The van der Waals surface area contributed by atoms with E-state index in [1.807, 2.05) is 35.2 Å². The summed E-state index contributed by atoms with van der Waals surface area (Å²) in [6.45, 7) is 4.86. The number of carbonyl (C=O) groups is 2. The summed E-state index contributed by atoms with van der Waals surface area (Å²) in [5.74, 6) is 0.539. The number of rotatable bonds is 5. The van der Waals surface area contributed by atoms with Crippen molar-refractivity contribution < 1.29 is 19.4 Å². The first-order valence-electron chi connectivity index (χ1n) is 9.86. The number of benzene rings is 2. The molecular formula is C22H28N4O4. The van der Waals surface area contributed by atoms with Crippen LogP contribution in [0.15, 0.2) is 42.5 Å². The summed E-state index contributed by atoms with van der Waals surface area (Å²) in [4.78, 5) is 29.7. The van der Waals surface area contributed by atoms with Gasteiger partial charge in [-0.1, -0.05) is 12.1 Å². The van der Waals surface area contributed by atoms with Gasteiger partial charge in [0.15, 0.2) is 11.5 Å². The molecule has 8 nitrogen and oxygen atoms in total. The summed E-state index contributed by atoms with van der Waals surface area (Å²) in [5, 5.41) is 12.8. The fourth-order valence-electron chi connectivity index (χ4n) is 3.46. The van der Waals surface area contributed by atoms with Crippen molar-refractivity contribution in [2.75, 3.05) is 50.6 Å². The maximum absolute atomic E-state index is 12.6. The predicted octanol–water partition coefficient (Wildman–Crippen LogP) is 2.73. The molecule has 1 saturated heterocycles. The highest BCUT2D eigenvalue weighted by atomic mass is 16.5. The van der Waals surface area contributed by atoms with Crippen molar-refractivity contribution in [3.05, 3.63) is 48.0 Å². The molecule has 0 bridgehead atoms. The van der Waals surface area contributed by atoms with Gasteiger partial charge in [-0.05, 0) is 35.9 Å². The molecule has 0 atom stereocenters. The van der Waals surface area contributed by atoms with E-state index in [2.05, 4.69) is 10.2 Å². The highest BCUT2D eigenvalue weighted by molar-refractivity contribution is 5.89. The van der Waals surface area contributed by atoms with E-state index in [-0.39, 0.29) is 17.7 Å². The summed E-state index contributed by atoms with van der Waals surface area (Å²) >= 11 is 0. The fraction of sp³-hybridized carbons (Fsp3) is 0.364. The zero-order valence-electron chi connectivity index (χ0n) is 17.6. The number of ether oxygens (including phenoxy) is 1. The van der Waals surface area contributed by atoms with Crippen LogP contribution in [0.1, 0.15) is 12.5 Å². The molecule has 3 rings (SSSR count). The summed E-state index contributed by atoms with van der Waals surface area (Å²) in [6.07, 6.45) is 0. The topological polar surface area (TPSA) is 85.4 Å². The van der Waals surface area contributed by atoms with Gasteiger partial charge in [0.1, 0.15) is 0 Å². The molecule has 1 heterocycles. The molecule has 1 fully saturated rings. The molecule has 3 amide bonds.